The van der Waals surface area contributed by atoms with E-state index < -0.39 is 4.92 Å². The first-order chi connectivity index (χ1) is 7.52. The Labute approximate surface area is 104 Å². The summed E-state index contributed by atoms with van der Waals surface area (Å²) < 4.78 is 1.62. The third-order valence-corrected chi connectivity index (χ3v) is 2.89. The maximum atomic E-state index is 11.3. The number of nitrogens with zero attached hydrogens (tertiary/aromatic N) is 3. The number of nitro benzene ring substituents is 1. The third kappa shape index (κ3) is 1.56. The van der Waals surface area contributed by atoms with E-state index in [0.29, 0.717) is 14.6 Å². The van der Waals surface area contributed by atoms with Gasteiger partial charge in [0.1, 0.15) is 9.09 Å². The summed E-state index contributed by atoms with van der Waals surface area (Å²) in [6.45, 7) is 1.36. The van der Waals surface area contributed by atoms with E-state index in [4.69, 9.17) is 0 Å². The number of aromatic nitrogens is 2. The van der Waals surface area contributed by atoms with E-state index in [0.717, 1.165) is 0 Å². The molecule has 2 rings (SSSR count). The van der Waals surface area contributed by atoms with E-state index in [9.17, 15) is 14.9 Å². The predicted molar refractivity (Wildman–Crippen MR) is 65.4 cm³/mol. The Morgan fingerprint density at radius 1 is 1.56 bits per heavy atom. The molecule has 82 valence electrons. The molecule has 0 unspecified atom stereocenters. The van der Waals surface area contributed by atoms with Crippen molar-refractivity contribution in [2.24, 2.45) is 0 Å². The molecule has 2 aromatic rings. The van der Waals surface area contributed by atoms with Gasteiger partial charge in [-0.15, -0.1) is 0 Å². The number of halogens is 1. The van der Waals surface area contributed by atoms with Crippen molar-refractivity contribution in [2.45, 2.75) is 6.92 Å². The van der Waals surface area contributed by atoms with Crippen molar-refractivity contribution in [2.75, 3.05) is 0 Å². The van der Waals surface area contributed by atoms with Crippen LogP contribution in [0.5, 0.6) is 0 Å². The van der Waals surface area contributed by atoms with Gasteiger partial charge in [0.05, 0.1) is 10.4 Å². The Hall–Kier alpha value is -1.51. The molecule has 0 aliphatic carbocycles. The Bertz CT molecular complexity index is 605. The summed E-state index contributed by atoms with van der Waals surface area (Å²) in [5.74, 6) is -0.270. The molecule has 7 heteroatoms. The zero-order chi connectivity index (χ0) is 11.9. The van der Waals surface area contributed by atoms with Crippen molar-refractivity contribution in [3.05, 3.63) is 32.0 Å². The fraction of sp³-hybridized carbons (Fsp3) is 0.111. The first-order valence-corrected chi connectivity index (χ1v) is 5.43. The van der Waals surface area contributed by atoms with Gasteiger partial charge < -0.3 is 0 Å². The largest absolute Gasteiger partial charge is 0.281 e. The van der Waals surface area contributed by atoms with Crippen LogP contribution in [-0.4, -0.2) is 20.6 Å². The first kappa shape index (κ1) is 11.0. The van der Waals surface area contributed by atoms with Gasteiger partial charge in [0, 0.05) is 13.0 Å². The fourth-order valence-electron chi connectivity index (χ4n) is 1.50. The molecule has 16 heavy (non-hydrogen) atoms. The van der Waals surface area contributed by atoms with Gasteiger partial charge >= 0.3 is 0 Å². The average Bonchev–Trinajstić information content (AvgIpc) is 2.56. The van der Waals surface area contributed by atoms with Gasteiger partial charge in [-0.1, -0.05) is 6.07 Å². The molecular formula is C9H6IN3O3. The first-order valence-electron chi connectivity index (χ1n) is 4.35. The zero-order valence-electron chi connectivity index (χ0n) is 8.18. The number of carbonyl (C=O) groups excluding carboxylic acids is 1. The second kappa shape index (κ2) is 3.81. The van der Waals surface area contributed by atoms with E-state index in [2.05, 4.69) is 5.10 Å². The molecule has 0 aliphatic rings. The van der Waals surface area contributed by atoms with E-state index in [1.807, 2.05) is 22.6 Å². The topological polar surface area (TPSA) is 78.0 Å². The molecule has 0 N–H and O–H groups in total. The predicted octanol–water partition coefficient (Wildman–Crippen LogP) is 2.21. The van der Waals surface area contributed by atoms with Crippen molar-refractivity contribution in [3.8, 4) is 0 Å². The molecule has 0 aliphatic heterocycles. The van der Waals surface area contributed by atoms with Crippen molar-refractivity contribution < 1.29 is 9.72 Å². The molecule has 1 aromatic heterocycles. The summed E-state index contributed by atoms with van der Waals surface area (Å²) in [5, 5.41) is 15.2. The van der Waals surface area contributed by atoms with Gasteiger partial charge in [0.25, 0.3) is 5.69 Å². The van der Waals surface area contributed by atoms with Crippen LogP contribution in [0.2, 0.25) is 0 Å². The lowest BCUT2D eigenvalue weighted by atomic mass is 10.2. The number of non-ortho nitro benzene ring substituents is 1. The minimum Gasteiger partial charge on any atom is -0.273 e. The molecule has 1 aromatic carbocycles. The monoisotopic (exact) mass is 331 g/mol. The van der Waals surface area contributed by atoms with Gasteiger partial charge in [-0.3, -0.25) is 14.9 Å². The minimum atomic E-state index is -0.476. The molecule has 0 amide bonds. The van der Waals surface area contributed by atoms with Gasteiger partial charge in [-0.2, -0.15) is 9.78 Å². The van der Waals surface area contributed by atoms with Crippen LogP contribution in [0.25, 0.3) is 10.9 Å². The molecule has 0 fully saturated rings. The van der Waals surface area contributed by atoms with Crippen molar-refractivity contribution in [1.82, 2.24) is 9.78 Å². The summed E-state index contributed by atoms with van der Waals surface area (Å²) in [4.78, 5) is 21.6. The van der Waals surface area contributed by atoms with Gasteiger partial charge in [0.15, 0.2) is 0 Å². The Kier molecular flexibility index (Phi) is 2.62. The Morgan fingerprint density at radius 3 is 2.81 bits per heavy atom. The molecule has 0 bridgehead atoms. The highest BCUT2D eigenvalue weighted by Gasteiger charge is 2.20. The summed E-state index contributed by atoms with van der Waals surface area (Å²) in [7, 11) is 0. The Morgan fingerprint density at radius 2 is 2.25 bits per heavy atom. The fourth-order valence-corrected chi connectivity index (χ4v) is 2.27. The highest BCUT2D eigenvalue weighted by molar-refractivity contribution is 14.1. The van der Waals surface area contributed by atoms with Crippen molar-refractivity contribution in [3.63, 3.8) is 0 Å². The molecule has 0 spiro atoms. The second-order valence-electron chi connectivity index (χ2n) is 3.15. The summed E-state index contributed by atoms with van der Waals surface area (Å²) >= 11 is 1.88. The number of benzene rings is 1. The van der Waals surface area contributed by atoms with E-state index in [1.165, 1.54) is 23.7 Å². The van der Waals surface area contributed by atoms with Crippen molar-refractivity contribution >= 4 is 45.1 Å². The summed E-state index contributed by atoms with van der Waals surface area (Å²) in [6, 6.07) is 4.58. The molecule has 0 atom stereocenters. The summed E-state index contributed by atoms with van der Waals surface area (Å²) in [6.07, 6.45) is 0. The number of hydrogen-bond donors (Lipinski definition) is 0. The molecular weight excluding hydrogens is 325 g/mol. The van der Waals surface area contributed by atoms with Crippen LogP contribution in [-0.2, 0) is 0 Å². The number of carbonyl (C=O) groups is 1. The van der Waals surface area contributed by atoms with Gasteiger partial charge in [0.2, 0.25) is 5.91 Å². The van der Waals surface area contributed by atoms with Crippen LogP contribution in [0.1, 0.15) is 11.7 Å². The summed E-state index contributed by atoms with van der Waals surface area (Å²) in [5.41, 5.74) is 0.431. The van der Waals surface area contributed by atoms with Crippen LogP contribution in [0.3, 0.4) is 0 Å². The Balaban J connectivity index is 2.90. The maximum absolute atomic E-state index is 11.3. The molecule has 0 saturated heterocycles. The van der Waals surface area contributed by atoms with Crippen LogP contribution < -0.4 is 0 Å². The van der Waals surface area contributed by atoms with Crippen LogP contribution in [0.4, 0.5) is 5.69 Å². The lowest BCUT2D eigenvalue weighted by molar-refractivity contribution is -0.383. The minimum absolute atomic E-state index is 0.0330. The SMILES string of the molecule is CC(=O)n1nc(I)c2c([N+](=O)[O-])cccc21. The lowest BCUT2D eigenvalue weighted by Crippen LogP contribution is -2.07. The van der Waals surface area contributed by atoms with E-state index in [1.54, 1.807) is 6.07 Å². The van der Waals surface area contributed by atoms with Gasteiger partial charge in [-0.05, 0) is 28.7 Å². The highest BCUT2D eigenvalue weighted by Crippen LogP contribution is 2.29. The number of hydrogen-bond acceptors (Lipinski definition) is 4. The number of nitro groups is 1. The number of fused-ring (bicyclic) bond motifs is 1. The standard InChI is InChI=1S/C9H6IN3O3/c1-5(14)12-6-3-2-4-7(13(15)16)8(6)9(10)11-12/h2-4H,1H3. The second-order valence-corrected chi connectivity index (χ2v) is 4.17. The van der Waals surface area contributed by atoms with Crippen molar-refractivity contribution in [1.29, 1.82) is 0 Å². The van der Waals surface area contributed by atoms with Crippen LogP contribution >= 0.6 is 22.6 Å². The smallest absolute Gasteiger partial charge is 0.273 e. The van der Waals surface area contributed by atoms with Crippen LogP contribution in [0.15, 0.2) is 18.2 Å². The van der Waals surface area contributed by atoms with E-state index in [-0.39, 0.29) is 11.6 Å². The maximum Gasteiger partial charge on any atom is 0.281 e. The normalized spacial score (nSPS) is 10.6. The average molecular weight is 331 g/mol. The molecule has 0 saturated carbocycles. The number of rotatable bonds is 1. The quantitative estimate of drug-likeness (QED) is 0.456. The third-order valence-electron chi connectivity index (χ3n) is 2.14. The molecule has 0 radical (unpaired) electrons. The molecule has 1 heterocycles. The lowest BCUT2D eigenvalue weighted by Gasteiger charge is -1.96. The highest BCUT2D eigenvalue weighted by atomic mass is 127. The zero-order valence-corrected chi connectivity index (χ0v) is 10.3. The van der Waals surface area contributed by atoms with E-state index >= 15 is 0 Å². The molecule has 6 nitrogen and oxygen atoms in total. The van der Waals surface area contributed by atoms with Gasteiger partial charge in [-0.25, -0.2) is 0 Å². The van der Waals surface area contributed by atoms with Crippen LogP contribution in [0, 0.1) is 13.8 Å².